The van der Waals surface area contributed by atoms with E-state index in [-0.39, 0.29) is 0 Å². The molecule has 1 aromatic carbocycles. The summed E-state index contributed by atoms with van der Waals surface area (Å²) >= 11 is 3.52. The Hall–Kier alpha value is -1.29. The second kappa shape index (κ2) is 5.57. The minimum atomic E-state index is 0.919. The first-order chi connectivity index (χ1) is 8.58. The molecule has 0 fully saturated rings. The van der Waals surface area contributed by atoms with Crippen LogP contribution in [0.3, 0.4) is 0 Å². The van der Waals surface area contributed by atoms with E-state index in [1.54, 1.807) is 0 Å². The maximum atomic E-state index is 4.17. The van der Waals surface area contributed by atoms with Crippen LogP contribution in [0, 0.1) is 13.8 Å². The van der Waals surface area contributed by atoms with E-state index in [1.807, 2.05) is 17.9 Å². The van der Waals surface area contributed by atoms with Crippen LogP contribution in [-0.4, -0.2) is 16.3 Å². The molecule has 4 heteroatoms. The third kappa shape index (κ3) is 2.93. The van der Waals surface area contributed by atoms with Crippen molar-refractivity contribution < 1.29 is 0 Å². The molecule has 0 unspecified atom stereocenters. The molecule has 18 heavy (non-hydrogen) atoms. The van der Waals surface area contributed by atoms with Crippen molar-refractivity contribution in [2.45, 2.75) is 20.3 Å². The molecule has 1 heterocycles. The Morgan fingerprint density at radius 2 is 1.94 bits per heavy atom. The SMILES string of the molecule is Cc1cc(Br)cc(C)c1NCCc1ccnn1C. The molecule has 1 N–H and O–H groups in total. The fourth-order valence-electron chi connectivity index (χ4n) is 2.15. The van der Waals surface area contributed by atoms with Gasteiger partial charge in [-0.2, -0.15) is 5.10 Å². The molecule has 1 aromatic heterocycles. The maximum absolute atomic E-state index is 4.17. The Bertz CT molecular complexity index is 523. The summed E-state index contributed by atoms with van der Waals surface area (Å²) in [7, 11) is 1.98. The Morgan fingerprint density at radius 3 is 2.50 bits per heavy atom. The molecule has 2 rings (SSSR count). The number of benzene rings is 1. The molecule has 2 aromatic rings. The van der Waals surface area contributed by atoms with Gasteiger partial charge in [0.2, 0.25) is 0 Å². The molecule has 0 radical (unpaired) electrons. The van der Waals surface area contributed by atoms with Gasteiger partial charge in [0.1, 0.15) is 0 Å². The zero-order valence-corrected chi connectivity index (χ0v) is 12.6. The van der Waals surface area contributed by atoms with Gasteiger partial charge in [0.25, 0.3) is 0 Å². The van der Waals surface area contributed by atoms with Crippen molar-refractivity contribution in [3.63, 3.8) is 0 Å². The number of aryl methyl sites for hydroxylation is 3. The lowest BCUT2D eigenvalue weighted by atomic mass is 10.1. The minimum absolute atomic E-state index is 0.919. The number of anilines is 1. The molecule has 0 bridgehead atoms. The topological polar surface area (TPSA) is 29.9 Å². The van der Waals surface area contributed by atoms with Gasteiger partial charge in [0, 0.05) is 42.1 Å². The van der Waals surface area contributed by atoms with Crippen molar-refractivity contribution in [2.75, 3.05) is 11.9 Å². The van der Waals surface area contributed by atoms with E-state index in [1.165, 1.54) is 22.5 Å². The molecular formula is C14H18BrN3. The minimum Gasteiger partial charge on any atom is -0.384 e. The molecule has 3 nitrogen and oxygen atoms in total. The van der Waals surface area contributed by atoms with E-state index in [4.69, 9.17) is 0 Å². The number of hydrogen-bond donors (Lipinski definition) is 1. The van der Waals surface area contributed by atoms with Gasteiger partial charge in [-0.3, -0.25) is 4.68 Å². The van der Waals surface area contributed by atoms with Gasteiger partial charge in [-0.25, -0.2) is 0 Å². The molecule has 0 saturated heterocycles. The van der Waals surface area contributed by atoms with Crippen LogP contribution >= 0.6 is 15.9 Å². The fourth-order valence-corrected chi connectivity index (χ4v) is 2.84. The highest BCUT2D eigenvalue weighted by Gasteiger charge is 2.04. The lowest BCUT2D eigenvalue weighted by Gasteiger charge is -2.13. The highest BCUT2D eigenvalue weighted by Crippen LogP contribution is 2.24. The van der Waals surface area contributed by atoms with Crippen LogP contribution in [0.15, 0.2) is 28.9 Å². The van der Waals surface area contributed by atoms with E-state index < -0.39 is 0 Å². The van der Waals surface area contributed by atoms with Crippen LogP contribution in [0.1, 0.15) is 16.8 Å². The van der Waals surface area contributed by atoms with Gasteiger partial charge in [-0.05, 0) is 43.2 Å². The summed E-state index contributed by atoms with van der Waals surface area (Å²) in [6.07, 6.45) is 2.82. The molecule has 0 amide bonds. The lowest BCUT2D eigenvalue weighted by Crippen LogP contribution is -2.10. The summed E-state index contributed by atoms with van der Waals surface area (Å²) in [6.45, 7) is 5.18. The van der Waals surface area contributed by atoms with Crippen LogP contribution in [0.5, 0.6) is 0 Å². The monoisotopic (exact) mass is 307 g/mol. The highest BCUT2D eigenvalue weighted by atomic mass is 79.9. The average Bonchev–Trinajstić information content (AvgIpc) is 2.68. The van der Waals surface area contributed by atoms with E-state index in [2.05, 4.69) is 58.4 Å². The third-order valence-electron chi connectivity index (χ3n) is 3.10. The van der Waals surface area contributed by atoms with E-state index in [0.717, 1.165) is 17.4 Å². The number of rotatable bonds is 4. The van der Waals surface area contributed by atoms with E-state index in [9.17, 15) is 0 Å². The van der Waals surface area contributed by atoms with Gasteiger partial charge >= 0.3 is 0 Å². The van der Waals surface area contributed by atoms with E-state index >= 15 is 0 Å². The van der Waals surface area contributed by atoms with E-state index in [0.29, 0.717) is 0 Å². The average molecular weight is 308 g/mol. The summed E-state index contributed by atoms with van der Waals surface area (Å²) in [4.78, 5) is 0. The number of aromatic nitrogens is 2. The van der Waals surface area contributed by atoms with Crippen molar-refractivity contribution >= 4 is 21.6 Å². The Labute approximate surface area is 116 Å². The molecule has 0 atom stereocenters. The van der Waals surface area contributed by atoms with Crippen LogP contribution in [0.25, 0.3) is 0 Å². The summed E-state index contributed by atoms with van der Waals surface area (Å²) in [6, 6.07) is 6.34. The largest absolute Gasteiger partial charge is 0.384 e. The summed E-state index contributed by atoms with van der Waals surface area (Å²) < 4.78 is 3.05. The maximum Gasteiger partial charge on any atom is 0.0492 e. The van der Waals surface area contributed by atoms with Crippen LogP contribution in [-0.2, 0) is 13.5 Å². The predicted molar refractivity (Wildman–Crippen MR) is 79.0 cm³/mol. The highest BCUT2D eigenvalue weighted by molar-refractivity contribution is 9.10. The summed E-state index contributed by atoms with van der Waals surface area (Å²) in [5, 5.41) is 7.68. The van der Waals surface area contributed by atoms with Gasteiger partial charge in [0.15, 0.2) is 0 Å². The van der Waals surface area contributed by atoms with Crippen molar-refractivity contribution in [2.24, 2.45) is 7.05 Å². The number of hydrogen-bond acceptors (Lipinski definition) is 2. The zero-order chi connectivity index (χ0) is 13.1. The Morgan fingerprint density at radius 1 is 1.28 bits per heavy atom. The predicted octanol–water partition coefficient (Wildman–Crippen LogP) is 3.45. The second-order valence-electron chi connectivity index (χ2n) is 4.54. The lowest BCUT2D eigenvalue weighted by molar-refractivity contribution is 0.711. The molecule has 96 valence electrons. The molecule has 0 aliphatic carbocycles. The van der Waals surface area contributed by atoms with Crippen molar-refractivity contribution in [3.8, 4) is 0 Å². The van der Waals surface area contributed by atoms with Crippen molar-refractivity contribution in [1.29, 1.82) is 0 Å². The summed E-state index contributed by atoms with van der Waals surface area (Å²) in [5.74, 6) is 0. The van der Waals surface area contributed by atoms with Crippen LogP contribution in [0.4, 0.5) is 5.69 Å². The van der Waals surface area contributed by atoms with Crippen LogP contribution in [0.2, 0.25) is 0 Å². The molecule has 0 saturated carbocycles. The third-order valence-corrected chi connectivity index (χ3v) is 3.56. The molecule has 0 aliphatic heterocycles. The first-order valence-electron chi connectivity index (χ1n) is 6.05. The number of nitrogens with zero attached hydrogens (tertiary/aromatic N) is 2. The number of halogens is 1. The quantitative estimate of drug-likeness (QED) is 0.937. The summed E-state index contributed by atoms with van der Waals surface area (Å²) in [5.41, 5.74) is 5.02. The van der Waals surface area contributed by atoms with Gasteiger partial charge < -0.3 is 5.32 Å². The second-order valence-corrected chi connectivity index (χ2v) is 5.45. The Balaban J connectivity index is 2.01. The van der Waals surface area contributed by atoms with Gasteiger partial charge in [-0.15, -0.1) is 0 Å². The first-order valence-corrected chi connectivity index (χ1v) is 6.84. The zero-order valence-electron chi connectivity index (χ0n) is 11.0. The van der Waals surface area contributed by atoms with Crippen LogP contribution < -0.4 is 5.32 Å². The Kier molecular flexibility index (Phi) is 4.07. The molecular weight excluding hydrogens is 290 g/mol. The van der Waals surface area contributed by atoms with Gasteiger partial charge in [0.05, 0.1) is 0 Å². The fraction of sp³-hybridized carbons (Fsp3) is 0.357. The standard InChI is InChI=1S/C14H18BrN3/c1-10-8-12(15)9-11(2)14(10)16-6-4-13-5-7-17-18(13)3/h5,7-9,16H,4,6H2,1-3H3. The van der Waals surface area contributed by atoms with Crippen molar-refractivity contribution in [1.82, 2.24) is 9.78 Å². The van der Waals surface area contributed by atoms with Gasteiger partial charge in [-0.1, -0.05) is 15.9 Å². The molecule has 0 aliphatic rings. The molecule has 0 spiro atoms. The number of nitrogens with one attached hydrogen (secondary N) is 1. The first kappa shape index (κ1) is 13.1. The smallest absolute Gasteiger partial charge is 0.0492 e. The normalized spacial score (nSPS) is 10.7. The van der Waals surface area contributed by atoms with Crippen molar-refractivity contribution in [3.05, 3.63) is 45.7 Å².